The van der Waals surface area contributed by atoms with Crippen LogP contribution in [-0.2, 0) is 4.74 Å². The van der Waals surface area contributed by atoms with Crippen LogP contribution in [0.25, 0.3) is 0 Å². The van der Waals surface area contributed by atoms with Gasteiger partial charge in [0.25, 0.3) is 0 Å². The summed E-state index contributed by atoms with van der Waals surface area (Å²) in [6.45, 7) is 3.13. The largest absolute Gasteiger partial charge is 0.389 e. The molecule has 2 heterocycles. The summed E-state index contributed by atoms with van der Waals surface area (Å²) in [5, 5.41) is 10.9. The molecule has 2 saturated heterocycles. The van der Waals surface area contributed by atoms with Crippen LogP contribution in [-0.4, -0.2) is 34.4 Å². The van der Waals surface area contributed by atoms with Crippen LogP contribution < -0.4 is 0 Å². The van der Waals surface area contributed by atoms with E-state index in [0.717, 1.165) is 31.6 Å². The Kier molecular flexibility index (Phi) is 3.40. The quantitative estimate of drug-likeness (QED) is 0.784. The highest BCUT2D eigenvalue weighted by molar-refractivity contribution is 8.00. The molecule has 0 spiro atoms. The van der Waals surface area contributed by atoms with Crippen molar-refractivity contribution in [3.63, 3.8) is 0 Å². The third-order valence-electron chi connectivity index (χ3n) is 3.26. The second-order valence-corrected chi connectivity index (χ2v) is 6.15. The number of hydrogen-bond acceptors (Lipinski definition) is 3. The second kappa shape index (κ2) is 4.42. The monoisotopic (exact) mass is 216 g/mol. The molecular weight excluding hydrogens is 196 g/mol. The Morgan fingerprint density at radius 1 is 1.57 bits per heavy atom. The highest BCUT2D eigenvalue weighted by Crippen LogP contribution is 2.38. The number of aliphatic hydroxyl groups is 1. The van der Waals surface area contributed by atoms with Crippen LogP contribution in [0, 0.1) is 0 Å². The first-order chi connectivity index (χ1) is 6.68. The van der Waals surface area contributed by atoms with E-state index in [1.807, 2.05) is 11.8 Å². The molecule has 0 saturated carbocycles. The molecule has 0 amide bonds. The molecule has 2 fully saturated rings. The SMILES string of the molecule is CC1CC(O)(CCC2CCCO2)CS1. The van der Waals surface area contributed by atoms with Gasteiger partial charge in [-0.1, -0.05) is 6.92 Å². The standard InChI is InChI=1S/C11H20O2S/c1-9-7-11(12,8-14-9)5-4-10-3-2-6-13-10/h9-10,12H,2-8H2,1H3. The summed E-state index contributed by atoms with van der Waals surface area (Å²) < 4.78 is 5.57. The summed E-state index contributed by atoms with van der Waals surface area (Å²) in [5.74, 6) is 0.918. The molecule has 14 heavy (non-hydrogen) atoms. The van der Waals surface area contributed by atoms with Crippen LogP contribution in [0.5, 0.6) is 0 Å². The third kappa shape index (κ3) is 2.65. The van der Waals surface area contributed by atoms with E-state index >= 15 is 0 Å². The van der Waals surface area contributed by atoms with Crippen LogP contribution in [0.4, 0.5) is 0 Å². The summed E-state index contributed by atoms with van der Waals surface area (Å²) in [6, 6.07) is 0. The average Bonchev–Trinajstić information content (AvgIpc) is 2.73. The summed E-state index contributed by atoms with van der Waals surface area (Å²) >= 11 is 1.90. The number of thioether (sulfide) groups is 1. The lowest BCUT2D eigenvalue weighted by atomic mass is 9.93. The molecule has 0 aromatic carbocycles. The van der Waals surface area contributed by atoms with Gasteiger partial charge in [-0.2, -0.15) is 11.8 Å². The van der Waals surface area contributed by atoms with Crippen LogP contribution in [0.15, 0.2) is 0 Å². The van der Waals surface area contributed by atoms with Gasteiger partial charge in [0.2, 0.25) is 0 Å². The number of rotatable bonds is 3. The maximum Gasteiger partial charge on any atom is 0.0749 e. The highest BCUT2D eigenvalue weighted by atomic mass is 32.2. The maximum atomic E-state index is 10.2. The fourth-order valence-corrected chi connectivity index (χ4v) is 3.71. The van der Waals surface area contributed by atoms with E-state index < -0.39 is 5.60 Å². The topological polar surface area (TPSA) is 29.5 Å². The molecule has 0 bridgehead atoms. The summed E-state index contributed by atoms with van der Waals surface area (Å²) in [6.07, 6.45) is 5.76. The van der Waals surface area contributed by atoms with Gasteiger partial charge in [-0.25, -0.2) is 0 Å². The fraction of sp³-hybridized carbons (Fsp3) is 1.00. The van der Waals surface area contributed by atoms with E-state index in [2.05, 4.69) is 6.92 Å². The smallest absolute Gasteiger partial charge is 0.0749 e. The average molecular weight is 216 g/mol. The van der Waals surface area contributed by atoms with E-state index in [-0.39, 0.29) is 0 Å². The Balaban J connectivity index is 1.73. The maximum absolute atomic E-state index is 10.2. The lowest BCUT2D eigenvalue weighted by molar-refractivity contribution is 0.0281. The zero-order valence-electron chi connectivity index (χ0n) is 8.87. The van der Waals surface area contributed by atoms with E-state index in [0.29, 0.717) is 11.4 Å². The van der Waals surface area contributed by atoms with Crippen molar-refractivity contribution in [2.45, 2.75) is 56.0 Å². The summed E-state index contributed by atoms with van der Waals surface area (Å²) in [7, 11) is 0. The van der Waals surface area contributed by atoms with Crippen LogP contribution in [0.2, 0.25) is 0 Å². The molecule has 1 N–H and O–H groups in total. The van der Waals surface area contributed by atoms with Gasteiger partial charge >= 0.3 is 0 Å². The Morgan fingerprint density at radius 3 is 3.00 bits per heavy atom. The first-order valence-corrected chi connectivity index (χ1v) is 6.68. The molecule has 2 nitrogen and oxygen atoms in total. The Labute approximate surface area is 90.4 Å². The van der Waals surface area contributed by atoms with Crippen molar-refractivity contribution in [2.24, 2.45) is 0 Å². The first kappa shape index (κ1) is 10.8. The molecule has 3 heteroatoms. The van der Waals surface area contributed by atoms with Gasteiger partial charge in [0.05, 0.1) is 11.7 Å². The second-order valence-electron chi connectivity index (χ2n) is 4.72. The van der Waals surface area contributed by atoms with Gasteiger partial charge < -0.3 is 9.84 Å². The first-order valence-electron chi connectivity index (χ1n) is 5.64. The summed E-state index contributed by atoms with van der Waals surface area (Å²) in [4.78, 5) is 0. The predicted molar refractivity (Wildman–Crippen MR) is 59.7 cm³/mol. The van der Waals surface area contributed by atoms with Crippen molar-refractivity contribution in [2.75, 3.05) is 12.4 Å². The fourth-order valence-electron chi connectivity index (χ4n) is 2.43. The van der Waals surface area contributed by atoms with Gasteiger partial charge in [0.15, 0.2) is 0 Å². The minimum Gasteiger partial charge on any atom is -0.389 e. The minimum atomic E-state index is -0.393. The van der Waals surface area contributed by atoms with Gasteiger partial charge in [0.1, 0.15) is 0 Å². The van der Waals surface area contributed by atoms with Crippen molar-refractivity contribution in [1.29, 1.82) is 0 Å². The van der Waals surface area contributed by atoms with Gasteiger partial charge in [-0.3, -0.25) is 0 Å². The highest BCUT2D eigenvalue weighted by Gasteiger charge is 2.36. The Hall–Kier alpha value is 0.270. The Bertz CT molecular complexity index is 192. The van der Waals surface area contributed by atoms with E-state index in [1.54, 1.807) is 0 Å². The van der Waals surface area contributed by atoms with Crippen LogP contribution in [0.3, 0.4) is 0 Å². The van der Waals surface area contributed by atoms with Crippen molar-refractivity contribution >= 4 is 11.8 Å². The molecule has 3 atom stereocenters. The molecule has 0 aliphatic carbocycles. The third-order valence-corrected chi connectivity index (χ3v) is 4.70. The zero-order valence-corrected chi connectivity index (χ0v) is 9.68. The van der Waals surface area contributed by atoms with E-state index in [9.17, 15) is 5.11 Å². The van der Waals surface area contributed by atoms with Gasteiger partial charge in [0, 0.05) is 17.6 Å². The molecule has 0 aromatic heterocycles. The lowest BCUT2D eigenvalue weighted by Gasteiger charge is -2.23. The van der Waals surface area contributed by atoms with Crippen LogP contribution in [0.1, 0.15) is 39.0 Å². The van der Waals surface area contributed by atoms with Crippen molar-refractivity contribution in [3.05, 3.63) is 0 Å². The molecule has 3 unspecified atom stereocenters. The molecule has 2 aliphatic heterocycles. The van der Waals surface area contributed by atoms with Crippen LogP contribution >= 0.6 is 11.8 Å². The molecule has 0 aromatic rings. The van der Waals surface area contributed by atoms with Crippen molar-refractivity contribution in [3.8, 4) is 0 Å². The number of ether oxygens (including phenoxy) is 1. The molecule has 2 rings (SSSR count). The predicted octanol–water partition coefficient (Wildman–Crippen LogP) is 2.20. The Morgan fingerprint density at radius 2 is 2.43 bits per heavy atom. The van der Waals surface area contributed by atoms with Crippen molar-refractivity contribution < 1.29 is 9.84 Å². The zero-order chi connectivity index (χ0) is 10.0. The van der Waals surface area contributed by atoms with Gasteiger partial charge in [-0.05, 0) is 32.1 Å². The molecule has 82 valence electrons. The van der Waals surface area contributed by atoms with E-state index in [4.69, 9.17) is 4.74 Å². The lowest BCUT2D eigenvalue weighted by Crippen LogP contribution is -2.30. The van der Waals surface area contributed by atoms with Crippen molar-refractivity contribution in [1.82, 2.24) is 0 Å². The number of hydrogen-bond donors (Lipinski definition) is 1. The molecular formula is C11H20O2S. The molecule has 2 aliphatic rings. The normalized spacial score (nSPS) is 43.3. The van der Waals surface area contributed by atoms with Gasteiger partial charge in [-0.15, -0.1) is 0 Å². The molecule has 0 radical (unpaired) electrons. The summed E-state index contributed by atoms with van der Waals surface area (Å²) in [5.41, 5.74) is -0.393. The minimum absolute atomic E-state index is 0.393. The van der Waals surface area contributed by atoms with E-state index in [1.165, 1.54) is 12.8 Å².